The number of hydrogen-bond acceptors (Lipinski definition) is 5. The molecule has 0 spiro atoms. The van der Waals surface area contributed by atoms with Crippen LogP contribution >= 0.6 is 11.6 Å². The molecule has 0 aliphatic rings. The second-order valence-electron chi connectivity index (χ2n) is 11.0. The van der Waals surface area contributed by atoms with Crippen LogP contribution in [-0.4, -0.2) is 50.9 Å². The molecule has 8 nitrogen and oxygen atoms in total. The van der Waals surface area contributed by atoms with Gasteiger partial charge in [-0.3, -0.25) is 13.9 Å². The third-order valence-corrected chi connectivity index (χ3v) is 9.29. The van der Waals surface area contributed by atoms with Crippen molar-refractivity contribution in [2.75, 3.05) is 18.0 Å². The van der Waals surface area contributed by atoms with Gasteiger partial charge in [0.1, 0.15) is 18.3 Å². The van der Waals surface area contributed by atoms with Gasteiger partial charge in [-0.2, -0.15) is 0 Å². The van der Waals surface area contributed by atoms with Crippen molar-refractivity contribution in [3.63, 3.8) is 0 Å². The van der Waals surface area contributed by atoms with Gasteiger partial charge in [0.2, 0.25) is 11.8 Å². The van der Waals surface area contributed by atoms with Gasteiger partial charge in [-0.15, -0.1) is 0 Å². The summed E-state index contributed by atoms with van der Waals surface area (Å²) in [5.74, 6) is -0.529. The number of amides is 2. The Balaban J connectivity index is 1.82. The number of benzene rings is 4. The van der Waals surface area contributed by atoms with Crippen molar-refractivity contribution in [2.45, 2.75) is 50.7 Å². The van der Waals surface area contributed by atoms with Crippen LogP contribution in [0.5, 0.6) is 5.75 Å². The first kappa shape index (κ1) is 33.6. The van der Waals surface area contributed by atoms with Crippen molar-refractivity contribution in [1.82, 2.24) is 10.2 Å². The second kappa shape index (κ2) is 15.1. The van der Waals surface area contributed by atoms with Gasteiger partial charge in [-0.05, 0) is 62.2 Å². The Morgan fingerprint density at radius 3 is 2.07 bits per heavy atom. The molecule has 1 atom stereocenters. The molecule has 0 unspecified atom stereocenters. The average Bonchev–Trinajstić information content (AvgIpc) is 3.02. The van der Waals surface area contributed by atoms with E-state index in [0.29, 0.717) is 5.75 Å². The molecule has 4 aromatic carbocycles. The number of methoxy groups -OCH3 is 1. The monoisotopic (exact) mass is 647 g/mol. The molecule has 0 radical (unpaired) electrons. The van der Waals surface area contributed by atoms with Crippen LogP contribution in [-0.2, 0) is 32.6 Å². The lowest BCUT2D eigenvalue weighted by Crippen LogP contribution is -2.54. The van der Waals surface area contributed by atoms with Crippen LogP contribution in [0.3, 0.4) is 0 Å². The number of anilines is 1. The zero-order chi connectivity index (χ0) is 32.6. The van der Waals surface area contributed by atoms with Gasteiger partial charge < -0.3 is 15.0 Å². The fourth-order valence-corrected chi connectivity index (χ4v) is 6.56. The van der Waals surface area contributed by atoms with Gasteiger partial charge in [0.05, 0.1) is 22.7 Å². The molecular weight excluding hydrogens is 610 g/mol. The summed E-state index contributed by atoms with van der Waals surface area (Å²) in [7, 11) is -2.78. The summed E-state index contributed by atoms with van der Waals surface area (Å²) in [6, 6.07) is 28.4. The van der Waals surface area contributed by atoms with Crippen molar-refractivity contribution < 1.29 is 22.7 Å². The van der Waals surface area contributed by atoms with E-state index in [1.54, 1.807) is 24.3 Å². The Morgan fingerprint density at radius 2 is 1.49 bits per heavy atom. The highest BCUT2D eigenvalue weighted by molar-refractivity contribution is 7.92. The summed E-state index contributed by atoms with van der Waals surface area (Å²) >= 11 is 6.42. The van der Waals surface area contributed by atoms with Crippen molar-refractivity contribution in [1.29, 1.82) is 0 Å². The summed E-state index contributed by atoms with van der Waals surface area (Å²) in [5, 5.41) is 3.14. The minimum Gasteiger partial charge on any atom is -0.495 e. The van der Waals surface area contributed by atoms with Crippen LogP contribution in [0.15, 0.2) is 108 Å². The summed E-state index contributed by atoms with van der Waals surface area (Å²) in [6.07, 6.45) is 0.233. The summed E-state index contributed by atoms with van der Waals surface area (Å²) in [5.41, 5.74) is 2.89. The third-order valence-electron chi connectivity index (χ3n) is 7.21. The van der Waals surface area contributed by atoms with Crippen molar-refractivity contribution in [2.24, 2.45) is 0 Å². The second-order valence-corrected chi connectivity index (χ2v) is 13.3. The van der Waals surface area contributed by atoms with Crippen LogP contribution in [0, 0.1) is 6.92 Å². The van der Waals surface area contributed by atoms with Crippen LogP contribution in [0.4, 0.5) is 5.69 Å². The SMILES string of the molecule is COc1ccc(N(CC(=O)N(Cc2ccc(C)cc2)[C@@H](Cc2ccccc2)C(=O)NC(C)C)S(=O)(=O)c2ccccc2)cc1Cl. The number of nitrogens with one attached hydrogen (secondary N) is 1. The maximum absolute atomic E-state index is 14.5. The molecule has 0 aliphatic carbocycles. The third kappa shape index (κ3) is 8.65. The molecule has 0 heterocycles. The van der Waals surface area contributed by atoms with Gasteiger partial charge in [-0.1, -0.05) is 90.0 Å². The van der Waals surface area contributed by atoms with E-state index in [2.05, 4.69) is 5.32 Å². The lowest BCUT2D eigenvalue weighted by atomic mass is 10.0. The molecule has 45 heavy (non-hydrogen) atoms. The van der Waals surface area contributed by atoms with Gasteiger partial charge in [0, 0.05) is 19.0 Å². The molecule has 0 fully saturated rings. The fraction of sp³-hybridized carbons (Fsp3) is 0.257. The van der Waals surface area contributed by atoms with Crippen LogP contribution in [0.1, 0.15) is 30.5 Å². The quantitative estimate of drug-likeness (QED) is 0.192. The molecule has 1 N–H and O–H groups in total. The number of halogens is 1. The van der Waals surface area contributed by atoms with Gasteiger partial charge in [0.15, 0.2) is 0 Å². The summed E-state index contributed by atoms with van der Waals surface area (Å²) < 4.78 is 34.5. The van der Waals surface area contributed by atoms with E-state index in [4.69, 9.17) is 16.3 Å². The zero-order valence-corrected chi connectivity index (χ0v) is 27.4. The van der Waals surface area contributed by atoms with E-state index in [1.165, 1.54) is 36.3 Å². The molecule has 0 aliphatic heterocycles. The predicted molar refractivity (Wildman–Crippen MR) is 178 cm³/mol. The van der Waals surface area contributed by atoms with Crippen LogP contribution in [0.2, 0.25) is 5.02 Å². The molecule has 10 heteroatoms. The molecule has 0 saturated heterocycles. The Kier molecular flexibility index (Phi) is 11.3. The molecule has 0 bridgehead atoms. The highest BCUT2D eigenvalue weighted by Gasteiger charge is 2.35. The molecule has 236 valence electrons. The highest BCUT2D eigenvalue weighted by atomic mass is 35.5. The smallest absolute Gasteiger partial charge is 0.264 e. The van der Waals surface area contributed by atoms with Gasteiger partial charge >= 0.3 is 0 Å². The van der Waals surface area contributed by atoms with Crippen molar-refractivity contribution >= 4 is 39.1 Å². The van der Waals surface area contributed by atoms with E-state index in [9.17, 15) is 18.0 Å². The number of aryl methyl sites for hydroxylation is 1. The standard InChI is InChI=1S/C35H38ClN3O5S/c1-25(2)37-35(41)32(21-27-11-7-5-8-12-27)38(23-28-17-15-26(3)16-18-28)34(40)24-39(29-19-20-33(44-4)31(36)22-29)45(42,43)30-13-9-6-10-14-30/h5-20,22,25,32H,21,23-24H2,1-4H3,(H,37,41)/t32-/m0/s1. The van der Waals surface area contributed by atoms with E-state index in [1.807, 2.05) is 75.4 Å². The Hall–Kier alpha value is -4.34. The number of nitrogens with zero attached hydrogens (tertiary/aromatic N) is 2. The highest BCUT2D eigenvalue weighted by Crippen LogP contribution is 2.32. The zero-order valence-electron chi connectivity index (χ0n) is 25.8. The molecule has 0 saturated carbocycles. The van der Waals surface area contributed by atoms with Crippen LogP contribution in [0.25, 0.3) is 0 Å². The molecule has 0 aromatic heterocycles. The number of ether oxygens (including phenoxy) is 1. The number of carbonyl (C=O) groups is 2. The van der Waals surface area contributed by atoms with E-state index < -0.39 is 28.5 Å². The molecule has 4 rings (SSSR count). The summed E-state index contributed by atoms with van der Waals surface area (Å²) in [6.45, 7) is 5.18. The van der Waals surface area contributed by atoms with Crippen molar-refractivity contribution in [3.05, 3.63) is 125 Å². The molecule has 4 aromatic rings. The topological polar surface area (TPSA) is 96.0 Å². The minimum absolute atomic E-state index is 0.00760. The maximum Gasteiger partial charge on any atom is 0.264 e. The first-order chi connectivity index (χ1) is 21.5. The number of carbonyl (C=O) groups excluding carboxylic acids is 2. The van der Waals surface area contributed by atoms with Crippen LogP contribution < -0.4 is 14.4 Å². The molecule has 2 amide bonds. The van der Waals surface area contributed by atoms with E-state index in [0.717, 1.165) is 21.0 Å². The van der Waals surface area contributed by atoms with Gasteiger partial charge in [-0.25, -0.2) is 8.42 Å². The fourth-order valence-electron chi connectivity index (χ4n) is 4.88. The number of sulfonamides is 1. The van der Waals surface area contributed by atoms with Crippen molar-refractivity contribution in [3.8, 4) is 5.75 Å². The van der Waals surface area contributed by atoms with E-state index >= 15 is 0 Å². The minimum atomic E-state index is -4.24. The largest absolute Gasteiger partial charge is 0.495 e. The first-order valence-corrected chi connectivity index (χ1v) is 16.4. The maximum atomic E-state index is 14.5. The van der Waals surface area contributed by atoms with Gasteiger partial charge in [0.25, 0.3) is 10.0 Å². The first-order valence-electron chi connectivity index (χ1n) is 14.6. The number of rotatable bonds is 13. The predicted octanol–water partition coefficient (Wildman–Crippen LogP) is 6.02. The number of hydrogen-bond donors (Lipinski definition) is 1. The normalized spacial score (nSPS) is 12.0. The summed E-state index contributed by atoms with van der Waals surface area (Å²) in [4.78, 5) is 29.7. The van der Waals surface area contributed by atoms with E-state index in [-0.39, 0.29) is 40.5 Å². The lowest BCUT2D eigenvalue weighted by molar-refractivity contribution is -0.140. The lowest BCUT2D eigenvalue weighted by Gasteiger charge is -2.34. The average molecular weight is 648 g/mol. The molecular formula is C35H38ClN3O5S. The Labute approximate surface area is 270 Å². The Morgan fingerprint density at radius 1 is 0.867 bits per heavy atom. The Bertz CT molecular complexity index is 1700.